The van der Waals surface area contributed by atoms with Crippen LogP contribution in [0.15, 0.2) is 42.5 Å². The van der Waals surface area contributed by atoms with E-state index in [4.69, 9.17) is 10.0 Å². The maximum Gasteiger partial charge on any atom is 0.480 e. The molecule has 0 unspecified atom stereocenters. The monoisotopic (exact) mass is 199 g/mol. The number of rotatable bonds is 2. The van der Waals surface area contributed by atoms with Crippen LogP contribution in [0.2, 0.25) is 0 Å². The summed E-state index contributed by atoms with van der Waals surface area (Å²) >= 11 is 0. The standard InChI is InChI=1S/C11H10BNO2/c14-12(15)6-5-9-3-4-11-10(8-9)2-1-7-13-11/h1-8,14-15H/b6-5+. The van der Waals surface area contributed by atoms with Crippen LogP contribution in [0.4, 0.5) is 0 Å². The number of benzene rings is 1. The Morgan fingerprint density at radius 1 is 1.20 bits per heavy atom. The molecule has 2 N–H and O–H groups in total. The quantitative estimate of drug-likeness (QED) is 0.715. The Bertz CT molecular complexity index is 497. The van der Waals surface area contributed by atoms with E-state index in [1.165, 1.54) is 5.98 Å². The fourth-order valence-corrected chi connectivity index (χ4v) is 1.39. The van der Waals surface area contributed by atoms with Crippen molar-refractivity contribution >= 4 is 24.1 Å². The molecule has 1 heterocycles. The summed E-state index contributed by atoms with van der Waals surface area (Å²) in [5, 5.41) is 18.4. The second-order valence-electron chi connectivity index (χ2n) is 3.23. The van der Waals surface area contributed by atoms with E-state index in [9.17, 15) is 0 Å². The predicted octanol–water partition coefficient (Wildman–Crippen LogP) is 1.26. The zero-order valence-corrected chi connectivity index (χ0v) is 8.04. The SMILES string of the molecule is OB(O)/C=C/c1ccc2ncccc2c1. The van der Waals surface area contributed by atoms with E-state index in [0.29, 0.717) is 0 Å². The first kappa shape index (κ1) is 9.89. The second-order valence-corrected chi connectivity index (χ2v) is 3.23. The van der Waals surface area contributed by atoms with Gasteiger partial charge in [-0.15, -0.1) is 0 Å². The first-order valence-electron chi connectivity index (χ1n) is 4.65. The number of nitrogens with zero attached hydrogens (tertiary/aromatic N) is 1. The minimum Gasteiger partial charge on any atom is -0.424 e. The van der Waals surface area contributed by atoms with Crippen molar-refractivity contribution < 1.29 is 10.0 Å². The molecule has 15 heavy (non-hydrogen) atoms. The molecule has 0 saturated carbocycles. The third kappa shape index (κ3) is 2.43. The summed E-state index contributed by atoms with van der Waals surface area (Å²) in [7, 11) is -1.41. The van der Waals surface area contributed by atoms with Crippen molar-refractivity contribution in [2.45, 2.75) is 0 Å². The van der Waals surface area contributed by atoms with Gasteiger partial charge in [-0.25, -0.2) is 0 Å². The van der Waals surface area contributed by atoms with Gasteiger partial charge in [-0.05, 0) is 23.8 Å². The Labute approximate surface area is 87.9 Å². The Morgan fingerprint density at radius 3 is 2.87 bits per heavy atom. The molecule has 0 aliphatic heterocycles. The molecule has 0 fully saturated rings. The molecule has 0 atom stereocenters. The normalized spacial score (nSPS) is 11.1. The summed E-state index contributed by atoms with van der Waals surface area (Å²) in [6.45, 7) is 0. The maximum atomic E-state index is 8.68. The van der Waals surface area contributed by atoms with Crippen molar-refractivity contribution in [3.63, 3.8) is 0 Å². The molecule has 0 amide bonds. The van der Waals surface area contributed by atoms with Crippen LogP contribution in [0, 0.1) is 0 Å². The van der Waals surface area contributed by atoms with Crippen LogP contribution in [0.1, 0.15) is 5.56 Å². The molecule has 2 rings (SSSR count). The van der Waals surface area contributed by atoms with Crippen LogP contribution in [-0.2, 0) is 0 Å². The van der Waals surface area contributed by atoms with Crippen LogP contribution in [0.3, 0.4) is 0 Å². The summed E-state index contributed by atoms with van der Waals surface area (Å²) in [5.74, 6) is 1.32. The maximum absolute atomic E-state index is 8.68. The highest BCUT2D eigenvalue weighted by atomic mass is 16.4. The van der Waals surface area contributed by atoms with Crippen molar-refractivity contribution in [3.05, 3.63) is 48.1 Å². The van der Waals surface area contributed by atoms with Gasteiger partial charge in [0.1, 0.15) is 0 Å². The van der Waals surface area contributed by atoms with Gasteiger partial charge in [-0.2, -0.15) is 0 Å². The van der Waals surface area contributed by atoms with Gasteiger partial charge < -0.3 is 10.0 Å². The molecule has 1 aromatic carbocycles. The lowest BCUT2D eigenvalue weighted by molar-refractivity contribution is 0.424. The van der Waals surface area contributed by atoms with E-state index >= 15 is 0 Å². The third-order valence-corrected chi connectivity index (χ3v) is 2.09. The van der Waals surface area contributed by atoms with Gasteiger partial charge in [0, 0.05) is 11.6 Å². The molecule has 0 saturated heterocycles. The van der Waals surface area contributed by atoms with Gasteiger partial charge in [0.25, 0.3) is 0 Å². The molecule has 0 radical (unpaired) electrons. The van der Waals surface area contributed by atoms with Gasteiger partial charge in [0.05, 0.1) is 5.52 Å². The summed E-state index contributed by atoms with van der Waals surface area (Å²) in [4.78, 5) is 4.19. The minimum absolute atomic E-state index is 0.920. The van der Waals surface area contributed by atoms with E-state index in [-0.39, 0.29) is 0 Å². The summed E-state index contributed by atoms with van der Waals surface area (Å²) < 4.78 is 0. The van der Waals surface area contributed by atoms with Crippen LogP contribution in [0.25, 0.3) is 17.0 Å². The number of fused-ring (bicyclic) bond motifs is 1. The van der Waals surface area contributed by atoms with Gasteiger partial charge >= 0.3 is 7.12 Å². The lowest BCUT2D eigenvalue weighted by Gasteiger charge is -1.98. The van der Waals surface area contributed by atoms with Crippen molar-refractivity contribution in [1.29, 1.82) is 0 Å². The smallest absolute Gasteiger partial charge is 0.424 e. The fraction of sp³-hybridized carbons (Fsp3) is 0. The van der Waals surface area contributed by atoms with Gasteiger partial charge in [-0.3, -0.25) is 4.98 Å². The zero-order valence-electron chi connectivity index (χ0n) is 8.04. The van der Waals surface area contributed by atoms with E-state index in [2.05, 4.69) is 4.98 Å². The molecule has 4 heteroatoms. The molecule has 3 nitrogen and oxygen atoms in total. The average molecular weight is 199 g/mol. The summed E-state index contributed by atoms with van der Waals surface area (Å²) in [5.41, 5.74) is 1.85. The number of hydrogen-bond donors (Lipinski definition) is 2. The molecular formula is C11H10BNO2. The fourth-order valence-electron chi connectivity index (χ4n) is 1.39. The van der Waals surface area contributed by atoms with E-state index in [1.807, 2.05) is 30.3 Å². The highest BCUT2D eigenvalue weighted by Gasteiger charge is 1.99. The van der Waals surface area contributed by atoms with Crippen LogP contribution in [0.5, 0.6) is 0 Å². The molecule has 1 aromatic heterocycles. The zero-order chi connectivity index (χ0) is 10.7. The highest BCUT2D eigenvalue weighted by molar-refractivity contribution is 6.48. The van der Waals surface area contributed by atoms with Crippen LogP contribution in [-0.4, -0.2) is 22.2 Å². The Kier molecular flexibility index (Phi) is 2.80. The highest BCUT2D eigenvalue weighted by Crippen LogP contribution is 2.14. The van der Waals surface area contributed by atoms with Crippen molar-refractivity contribution in [3.8, 4) is 0 Å². The Morgan fingerprint density at radius 2 is 2.07 bits per heavy atom. The lowest BCUT2D eigenvalue weighted by Crippen LogP contribution is -2.05. The first-order valence-corrected chi connectivity index (χ1v) is 4.65. The molecule has 74 valence electrons. The summed E-state index contributed by atoms with van der Waals surface area (Å²) in [6.07, 6.45) is 3.41. The molecule has 2 aromatic rings. The summed E-state index contributed by atoms with van der Waals surface area (Å²) in [6, 6.07) is 9.57. The molecule has 0 aliphatic rings. The first-order chi connectivity index (χ1) is 7.25. The molecule has 0 spiro atoms. The van der Waals surface area contributed by atoms with Gasteiger partial charge in [-0.1, -0.05) is 24.2 Å². The van der Waals surface area contributed by atoms with Gasteiger partial charge in [0.15, 0.2) is 0 Å². The van der Waals surface area contributed by atoms with Crippen molar-refractivity contribution in [1.82, 2.24) is 4.98 Å². The molecular weight excluding hydrogens is 189 g/mol. The number of aromatic nitrogens is 1. The topological polar surface area (TPSA) is 53.4 Å². The third-order valence-electron chi connectivity index (χ3n) is 2.09. The van der Waals surface area contributed by atoms with Crippen LogP contribution >= 0.6 is 0 Å². The van der Waals surface area contributed by atoms with E-state index in [1.54, 1.807) is 12.3 Å². The largest absolute Gasteiger partial charge is 0.480 e. The second kappa shape index (κ2) is 4.25. The Balaban J connectivity index is 2.39. The molecule has 0 bridgehead atoms. The number of hydrogen-bond acceptors (Lipinski definition) is 3. The van der Waals surface area contributed by atoms with Crippen molar-refractivity contribution in [2.24, 2.45) is 0 Å². The lowest BCUT2D eigenvalue weighted by atomic mass is 9.90. The Hall–Kier alpha value is -1.65. The average Bonchev–Trinajstić information content (AvgIpc) is 2.26. The molecule has 0 aliphatic carbocycles. The number of pyridine rings is 1. The van der Waals surface area contributed by atoms with Gasteiger partial charge in [0.2, 0.25) is 0 Å². The predicted molar refractivity (Wildman–Crippen MR) is 61.0 cm³/mol. The van der Waals surface area contributed by atoms with E-state index < -0.39 is 7.12 Å². The van der Waals surface area contributed by atoms with E-state index in [0.717, 1.165) is 16.5 Å². The minimum atomic E-state index is -1.41. The van der Waals surface area contributed by atoms with Crippen LogP contribution < -0.4 is 0 Å². The van der Waals surface area contributed by atoms with Crippen molar-refractivity contribution in [2.75, 3.05) is 0 Å².